The minimum Gasteiger partial charge on any atom is -0.496 e. The second-order valence-electron chi connectivity index (χ2n) is 8.65. The van der Waals surface area contributed by atoms with Crippen molar-refractivity contribution in [3.63, 3.8) is 0 Å². The summed E-state index contributed by atoms with van der Waals surface area (Å²) in [4.78, 5) is 14.1. The number of rotatable bonds is 5. The average Bonchev–Trinajstić information content (AvgIpc) is 3.25. The number of nitrogens with one attached hydrogen (secondary N) is 1. The van der Waals surface area contributed by atoms with Crippen LogP contribution in [-0.2, 0) is 4.79 Å². The molecule has 1 aliphatic heterocycles. The molecule has 26 heavy (non-hydrogen) atoms. The van der Waals surface area contributed by atoms with Gasteiger partial charge in [0.25, 0.3) is 0 Å². The minimum absolute atomic E-state index is 0.0261. The Morgan fingerprint density at radius 3 is 2.62 bits per heavy atom. The third kappa shape index (κ3) is 3.75. The number of piperidine rings is 1. The van der Waals surface area contributed by atoms with E-state index in [-0.39, 0.29) is 5.91 Å². The summed E-state index contributed by atoms with van der Waals surface area (Å²) in [7, 11) is 1.74. The normalized spacial score (nSPS) is 29.1. The number of amides is 1. The van der Waals surface area contributed by atoms with E-state index in [4.69, 9.17) is 4.74 Å². The Morgan fingerprint density at radius 1 is 1.19 bits per heavy atom. The lowest BCUT2D eigenvalue weighted by Crippen LogP contribution is -2.37. The number of ether oxygens (including phenoxy) is 1. The summed E-state index contributed by atoms with van der Waals surface area (Å²) in [6.45, 7) is 5.24. The van der Waals surface area contributed by atoms with Crippen molar-refractivity contribution in [1.82, 2.24) is 4.90 Å². The number of methoxy groups -OCH3 is 1. The van der Waals surface area contributed by atoms with Crippen LogP contribution in [0.5, 0.6) is 5.75 Å². The van der Waals surface area contributed by atoms with Gasteiger partial charge in [0.15, 0.2) is 0 Å². The number of likely N-dealkylation sites (tertiary alicyclic amines) is 1. The number of hydrogen-bond donors (Lipinski definition) is 1. The quantitative estimate of drug-likeness (QED) is 0.857. The van der Waals surface area contributed by atoms with Gasteiger partial charge in [-0.05, 0) is 92.6 Å². The van der Waals surface area contributed by atoms with Crippen LogP contribution in [0.1, 0.15) is 56.9 Å². The Morgan fingerprint density at radius 2 is 2.00 bits per heavy atom. The highest BCUT2D eigenvalue weighted by Gasteiger charge is 2.40. The van der Waals surface area contributed by atoms with E-state index in [0.29, 0.717) is 5.92 Å². The van der Waals surface area contributed by atoms with Crippen LogP contribution in [0.15, 0.2) is 18.2 Å². The number of hydrogen-bond acceptors (Lipinski definition) is 3. The van der Waals surface area contributed by atoms with E-state index < -0.39 is 0 Å². The Hall–Kier alpha value is -1.55. The van der Waals surface area contributed by atoms with E-state index in [2.05, 4.69) is 16.3 Å². The summed E-state index contributed by atoms with van der Waals surface area (Å²) in [5.74, 6) is 4.47. The van der Waals surface area contributed by atoms with Gasteiger partial charge in [-0.2, -0.15) is 0 Å². The molecule has 142 valence electrons. The van der Waals surface area contributed by atoms with E-state index in [1.54, 1.807) is 14.0 Å². The second-order valence-corrected chi connectivity index (χ2v) is 8.65. The topological polar surface area (TPSA) is 41.6 Å². The van der Waals surface area contributed by atoms with Crippen molar-refractivity contribution in [2.24, 2.45) is 17.8 Å². The van der Waals surface area contributed by atoms with Crippen LogP contribution in [0.3, 0.4) is 0 Å². The summed E-state index contributed by atoms with van der Waals surface area (Å²) in [5, 5.41) is 2.90. The first-order valence-corrected chi connectivity index (χ1v) is 10.3. The van der Waals surface area contributed by atoms with Gasteiger partial charge in [0.05, 0.1) is 7.11 Å². The highest BCUT2D eigenvalue weighted by molar-refractivity contribution is 5.88. The molecule has 2 aliphatic carbocycles. The molecule has 1 saturated heterocycles. The Labute approximate surface area is 157 Å². The van der Waals surface area contributed by atoms with Crippen LogP contribution < -0.4 is 10.1 Å². The Kier molecular flexibility index (Phi) is 5.21. The minimum atomic E-state index is -0.0261. The van der Waals surface area contributed by atoms with Crippen molar-refractivity contribution in [1.29, 1.82) is 0 Å². The summed E-state index contributed by atoms with van der Waals surface area (Å²) in [6.07, 6.45) is 8.33. The summed E-state index contributed by atoms with van der Waals surface area (Å²) in [5.41, 5.74) is 2.12. The van der Waals surface area contributed by atoms with Crippen LogP contribution in [0.2, 0.25) is 0 Å². The van der Waals surface area contributed by atoms with E-state index in [9.17, 15) is 4.79 Å². The molecular weight excluding hydrogens is 324 g/mol. The van der Waals surface area contributed by atoms with E-state index in [0.717, 1.165) is 29.2 Å². The predicted molar refractivity (Wildman–Crippen MR) is 105 cm³/mol. The maximum atomic E-state index is 11.4. The first-order chi connectivity index (χ1) is 12.6. The number of carbonyl (C=O) groups excluding carboxylic acids is 1. The smallest absolute Gasteiger partial charge is 0.221 e. The molecule has 3 fully saturated rings. The molecular formula is C22H32N2O2. The van der Waals surface area contributed by atoms with Crippen LogP contribution in [0, 0.1) is 17.8 Å². The van der Waals surface area contributed by atoms with Gasteiger partial charge in [0.1, 0.15) is 5.75 Å². The zero-order chi connectivity index (χ0) is 18.1. The van der Waals surface area contributed by atoms with Crippen molar-refractivity contribution in [2.75, 3.05) is 32.1 Å². The van der Waals surface area contributed by atoms with Crippen LogP contribution in [0.25, 0.3) is 0 Å². The van der Waals surface area contributed by atoms with Gasteiger partial charge in [-0.15, -0.1) is 0 Å². The Balaban J connectivity index is 1.37. The molecule has 4 heteroatoms. The van der Waals surface area contributed by atoms with Crippen LogP contribution >= 0.6 is 0 Å². The summed E-state index contributed by atoms with van der Waals surface area (Å²) >= 11 is 0. The third-order valence-electron chi connectivity index (χ3n) is 6.95. The highest BCUT2D eigenvalue weighted by Crippen LogP contribution is 2.48. The van der Waals surface area contributed by atoms with Gasteiger partial charge in [-0.1, -0.05) is 6.42 Å². The molecule has 1 aromatic rings. The molecule has 0 aromatic heterocycles. The van der Waals surface area contributed by atoms with Crippen molar-refractivity contribution in [2.45, 2.75) is 51.4 Å². The molecule has 1 amide bonds. The van der Waals surface area contributed by atoms with Gasteiger partial charge in [0, 0.05) is 19.2 Å². The maximum Gasteiger partial charge on any atom is 0.221 e. The van der Waals surface area contributed by atoms with Crippen LogP contribution in [0.4, 0.5) is 5.69 Å². The van der Waals surface area contributed by atoms with Gasteiger partial charge in [0.2, 0.25) is 5.91 Å². The lowest BCUT2D eigenvalue weighted by Gasteiger charge is -2.36. The molecule has 0 spiro atoms. The molecule has 2 bridgehead atoms. The fraction of sp³-hybridized carbons (Fsp3) is 0.682. The van der Waals surface area contributed by atoms with Crippen molar-refractivity contribution < 1.29 is 9.53 Å². The van der Waals surface area contributed by atoms with Gasteiger partial charge >= 0.3 is 0 Å². The summed E-state index contributed by atoms with van der Waals surface area (Å²) in [6, 6.07) is 6.02. The number of anilines is 1. The first-order valence-electron chi connectivity index (χ1n) is 10.3. The molecule has 4 nitrogen and oxygen atoms in total. The monoisotopic (exact) mass is 356 g/mol. The van der Waals surface area contributed by atoms with Crippen molar-refractivity contribution >= 4 is 11.6 Å². The SMILES string of the molecule is COc1ccc(NC(C)=O)cc1C1CCN(CC2C[C@H]3CC[C@H]2C3)CC1. The molecule has 1 N–H and O–H groups in total. The molecule has 3 atom stereocenters. The second kappa shape index (κ2) is 7.59. The zero-order valence-electron chi connectivity index (χ0n) is 16.2. The largest absolute Gasteiger partial charge is 0.496 e. The lowest BCUT2D eigenvalue weighted by atomic mass is 9.85. The number of fused-ring (bicyclic) bond motifs is 2. The predicted octanol–water partition coefficient (Wildman–Crippen LogP) is 4.27. The van der Waals surface area contributed by atoms with Crippen LogP contribution in [-0.4, -0.2) is 37.6 Å². The molecule has 1 aromatic carbocycles. The number of benzene rings is 1. The van der Waals surface area contributed by atoms with E-state index >= 15 is 0 Å². The standard InChI is InChI=1S/C22H32N2O2/c1-15(25)23-20-5-6-22(26-2)21(13-20)17-7-9-24(10-8-17)14-19-12-16-3-4-18(19)11-16/h5-6,13,16-19H,3-4,7-12,14H2,1-2H3,(H,23,25)/t16-,18-,19?/m0/s1. The first kappa shape index (κ1) is 17.8. The lowest BCUT2D eigenvalue weighted by molar-refractivity contribution is -0.114. The number of nitrogens with zero attached hydrogens (tertiary/aromatic N) is 1. The fourth-order valence-corrected chi connectivity index (χ4v) is 5.69. The molecule has 2 saturated carbocycles. The van der Waals surface area contributed by atoms with Gasteiger partial charge < -0.3 is 15.0 Å². The Bertz CT molecular complexity index is 652. The molecule has 3 aliphatic rings. The molecule has 4 rings (SSSR count). The maximum absolute atomic E-state index is 11.4. The van der Waals surface area contributed by atoms with E-state index in [1.165, 1.54) is 63.7 Å². The average molecular weight is 357 g/mol. The fourth-order valence-electron chi connectivity index (χ4n) is 5.69. The molecule has 0 radical (unpaired) electrons. The van der Waals surface area contributed by atoms with Crippen molar-refractivity contribution in [3.8, 4) is 5.75 Å². The van der Waals surface area contributed by atoms with E-state index in [1.807, 2.05) is 12.1 Å². The zero-order valence-corrected chi connectivity index (χ0v) is 16.2. The molecule has 1 unspecified atom stereocenters. The molecule has 1 heterocycles. The number of carbonyl (C=O) groups is 1. The highest BCUT2D eigenvalue weighted by atomic mass is 16.5. The van der Waals surface area contributed by atoms with Gasteiger partial charge in [-0.25, -0.2) is 0 Å². The van der Waals surface area contributed by atoms with Gasteiger partial charge in [-0.3, -0.25) is 4.79 Å². The van der Waals surface area contributed by atoms with Crippen molar-refractivity contribution in [3.05, 3.63) is 23.8 Å². The summed E-state index contributed by atoms with van der Waals surface area (Å²) < 4.78 is 5.60. The third-order valence-corrected chi connectivity index (χ3v) is 6.95.